The summed E-state index contributed by atoms with van der Waals surface area (Å²) in [7, 11) is 0. The summed E-state index contributed by atoms with van der Waals surface area (Å²) in [5, 5.41) is 8.17. The van der Waals surface area contributed by atoms with E-state index in [4.69, 9.17) is 0 Å². The van der Waals surface area contributed by atoms with Gasteiger partial charge in [-0.1, -0.05) is 25.1 Å². The number of piperidine rings is 1. The Bertz CT molecular complexity index is 1420. The van der Waals surface area contributed by atoms with E-state index in [1.807, 2.05) is 24.3 Å². The molecule has 8 nitrogen and oxygen atoms in total. The molecule has 3 heterocycles. The van der Waals surface area contributed by atoms with E-state index in [1.54, 1.807) is 9.58 Å². The first-order valence-corrected chi connectivity index (χ1v) is 12.8. The van der Waals surface area contributed by atoms with Gasteiger partial charge in [-0.2, -0.15) is 5.10 Å². The van der Waals surface area contributed by atoms with E-state index in [1.165, 1.54) is 6.92 Å². The number of pyridine rings is 1. The maximum absolute atomic E-state index is 13.6. The lowest BCUT2D eigenvalue weighted by molar-refractivity contribution is -0.138. The van der Waals surface area contributed by atoms with Crippen molar-refractivity contribution in [2.45, 2.75) is 64.6 Å². The van der Waals surface area contributed by atoms with E-state index < -0.39 is 6.04 Å². The predicted octanol–water partition coefficient (Wildman–Crippen LogP) is 3.90. The molecule has 0 spiro atoms. The topological polar surface area (TPSA) is 97.2 Å². The van der Waals surface area contributed by atoms with Crippen LogP contribution < -0.4 is 5.32 Å². The molecule has 9 heteroatoms. The van der Waals surface area contributed by atoms with Crippen LogP contribution in [0, 0.1) is 5.41 Å². The van der Waals surface area contributed by atoms with Crippen LogP contribution in [0.5, 0.6) is 0 Å². The third-order valence-corrected chi connectivity index (χ3v) is 8.59. The Morgan fingerprint density at radius 3 is 2.80 bits per heavy atom. The maximum Gasteiger partial charge on any atom is 0.248 e. The zero-order chi connectivity index (χ0) is 24.5. The highest BCUT2D eigenvalue weighted by atomic mass is 79.9. The number of carbonyl (C=O) groups is 3. The molecule has 0 radical (unpaired) electrons. The third-order valence-electron chi connectivity index (χ3n) is 7.71. The van der Waals surface area contributed by atoms with Crippen molar-refractivity contribution in [2.24, 2.45) is 5.41 Å². The van der Waals surface area contributed by atoms with Gasteiger partial charge in [0.25, 0.3) is 0 Å². The van der Waals surface area contributed by atoms with Crippen LogP contribution >= 0.6 is 15.9 Å². The molecule has 1 unspecified atom stereocenters. The van der Waals surface area contributed by atoms with Crippen molar-refractivity contribution in [3.05, 3.63) is 51.8 Å². The second kappa shape index (κ2) is 7.98. The molecular formula is C26H26BrN5O3. The molecule has 2 amide bonds. The second-order valence-corrected chi connectivity index (χ2v) is 11.0. The number of hydrogen-bond acceptors (Lipinski definition) is 5. The lowest BCUT2D eigenvalue weighted by atomic mass is 10.00. The first kappa shape index (κ1) is 22.4. The highest BCUT2D eigenvalue weighted by molar-refractivity contribution is 9.10. The molecule has 2 aromatic heterocycles. The molecule has 35 heavy (non-hydrogen) atoms. The van der Waals surface area contributed by atoms with Crippen LogP contribution in [0.2, 0.25) is 0 Å². The average Bonchev–Trinajstić information content (AvgIpc) is 3.19. The van der Waals surface area contributed by atoms with Crippen molar-refractivity contribution in [3.8, 4) is 0 Å². The average molecular weight is 536 g/mol. The Morgan fingerprint density at radius 2 is 2.00 bits per heavy atom. The van der Waals surface area contributed by atoms with Crippen molar-refractivity contribution < 1.29 is 14.4 Å². The fourth-order valence-electron chi connectivity index (χ4n) is 5.77. The van der Waals surface area contributed by atoms with E-state index in [9.17, 15) is 14.4 Å². The number of Topliss-reactive ketones (excluding diaryl/α,β-unsaturated/α-hetero) is 1. The molecule has 6 rings (SSSR count). The van der Waals surface area contributed by atoms with Gasteiger partial charge in [0, 0.05) is 24.0 Å². The Labute approximate surface area is 211 Å². The summed E-state index contributed by atoms with van der Waals surface area (Å²) >= 11 is 3.61. The summed E-state index contributed by atoms with van der Waals surface area (Å²) in [6.07, 6.45) is 4.42. The van der Waals surface area contributed by atoms with Crippen molar-refractivity contribution >= 4 is 50.2 Å². The number of likely N-dealkylation sites (tertiary alicyclic amines) is 1. The molecule has 180 valence electrons. The number of anilines is 1. The minimum atomic E-state index is -0.566. The summed E-state index contributed by atoms with van der Waals surface area (Å²) in [4.78, 5) is 45.5. The van der Waals surface area contributed by atoms with Gasteiger partial charge in [0.2, 0.25) is 11.8 Å². The fourth-order valence-corrected chi connectivity index (χ4v) is 6.27. The molecule has 3 aliphatic rings. The molecule has 3 aromatic rings. The van der Waals surface area contributed by atoms with Crippen LogP contribution in [0.3, 0.4) is 0 Å². The van der Waals surface area contributed by atoms with Gasteiger partial charge in [0.05, 0.1) is 9.99 Å². The number of nitrogens with zero attached hydrogens (tertiary/aromatic N) is 4. The van der Waals surface area contributed by atoms with Gasteiger partial charge >= 0.3 is 0 Å². The molecule has 1 aliphatic heterocycles. The van der Waals surface area contributed by atoms with Crippen LogP contribution in [0.4, 0.5) is 5.82 Å². The van der Waals surface area contributed by atoms with Gasteiger partial charge < -0.3 is 10.2 Å². The summed E-state index contributed by atoms with van der Waals surface area (Å²) in [5.74, 6) is 0.0126. The number of hydrogen-bond donors (Lipinski definition) is 1. The molecule has 2 aliphatic carbocycles. The van der Waals surface area contributed by atoms with Crippen molar-refractivity contribution in [1.82, 2.24) is 19.7 Å². The van der Waals surface area contributed by atoms with Crippen LogP contribution in [0.15, 0.2) is 34.8 Å². The molecule has 1 N–H and O–H groups in total. The van der Waals surface area contributed by atoms with Gasteiger partial charge in [-0.25, -0.2) is 4.98 Å². The number of para-hydroxylation sites is 1. The van der Waals surface area contributed by atoms with Gasteiger partial charge in [0.15, 0.2) is 5.78 Å². The van der Waals surface area contributed by atoms with E-state index in [2.05, 4.69) is 44.3 Å². The second-order valence-electron chi connectivity index (χ2n) is 10.3. The Balaban J connectivity index is 1.27. The minimum Gasteiger partial charge on any atom is -0.325 e. The molecule has 1 saturated carbocycles. The number of aryl methyl sites for hydroxylation is 2. The van der Waals surface area contributed by atoms with E-state index in [0.29, 0.717) is 17.9 Å². The normalized spacial score (nSPS) is 24.4. The zero-order valence-electron chi connectivity index (χ0n) is 19.7. The number of rotatable bonds is 5. The van der Waals surface area contributed by atoms with E-state index in [0.717, 1.165) is 52.3 Å². The number of carbonyl (C=O) groups excluding carboxylic acids is 3. The first-order valence-electron chi connectivity index (χ1n) is 12.0. The number of halogens is 1. The Morgan fingerprint density at radius 1 is 1.20 bits per heavy atom. The first-order chi connectivity index (χ1) is 16.7. The van der Waals surface area contributed by atoms with Crippen molar-refractivity contribution in [1.29, 1.82) is 0 Å². The van der Waals surface area contributed by atoms with Crippen molar-refractivity contribution in [3.63, 3.8) is 0 Å². The molecule has 2 fully saturated rings. The smallest absolute Gasteiger partial charge is 0.248 e. The van der Waals surface area contributed by atoms with E-state index >= 15 is 0 Å². The van der Waals surface area contributed by atoms with Crippen LogP contribution in [-0.2, 0) is 29.0 Å². The largest absolute Gasteiger partial charge is 0.325 e. The summed E-state index contributed by atoms with van der Waals surface area (Å²) in [5.41, 5.74) is 3.17. The van der Waals surface area contributed by atoms with Gasteiger partial charge in [-0.3, -0.25) is 19.1 Å². The lowest BCUT2D eigenvalue weighted by Gasteiger charge is -2.27. The number of aromatic nitrogens is 3. The number of benzene rings is 1. The van der Waals surface area contributed by atoms with Crippen LogP contribution in [0.1, 0.15) is 54.9 Å². The molecule has 2 bridgehead atoms. The van der Waals surface area contributed by atoms with Gasteiger partial charge in [-0.05, 0) is 71.1 Å². The number of amides is 2. The zero-order valence-corrected chi connectivity index (χ0v) is 21.3. The number of ketones is 1. The predicted molar refractivity (Wildman–Crippen MR) is 134 cm³/mol. The van der Waals surface area contributed by atoms with E-state index in [-0.39, 0.29) is 35.6 Å². The van der Waals surface area contributed by atoms with Crippen LogP contribution in [0.25, 0.3) is 10.9 Å². The van der Waals surface area contributed by atoms with Gasteiger partial charge in [-0.15, -0.1) is 0 Å². The summed E-state index contributed by atoms with van der Waals surface area (Å²) in [6, 6.07) is 8.96. The molecule has 1 aromatic carbocycles. The quantitative estimate of drug-likeness (QED) is 0.499. The van der Waals surface area contributed by atoms with Crippen LogP contribution in [-0.4, -0.2) is 49.3 Å². The number of nitrogens with one attached hydrogen (secondary N) is 1. The fraction of sp³-hybridized carbons (Fsp3) is 0.423. The highest BCUT2D eigenvalue weighted by Crippen LogP contribution is 2.59. The summed E-state index contributed by atoms with van der Waals surface area (Å²) < 4.78 is 2.41. The molecule has 1 saturated heterocycles. The molecular weight excluding hydrogens is 510 g/mol. The summed E-state index contributed by atoms with van der Waals surface area (Å²) in [6.45, 7) is 3.59. The Kier molecular flexibility index (Phi) is 5.11. The maximum atomic E-state index is 13.6. The standard InChI is InChI=1S/C26H26BrN5O3/c1-14(33)23-17-8-3-4-9-18(17)31(30-23)13-21(34)32-19(11-26(2)12-20(26)32)25(35)29-24-22(27)15-6-5-7-16(10-15)28-24/h3-4,8-10,19-20H,5-7,11-13H2,1-2H3,(H,28,29,35)/t19?,20-,26+/m1/s1. The Hall–Kier alpha value is -3.07. The molecule has 3 atom stereocenters. The SMILES string of the molecule is CC(=O)c1nn(CC(=O)N2C(C(=O)Nc3nc4cc(c3Br)CCC4)C[C@@]3(C)C[C@@H]23)c2ccccc12. The highest BCUT2D eigenvalue weighted by Gasteiger charge is 2.64. The lowest BCUT2D eigenvalue weighted by Crippen LogP contribution is -2.47. The van der Waals surface area contributed by atoms with Gasteiger partial charge in [0.1, 0.15) is 24.1 Å². The van der Waals surface area contributed by atoms with Crippen molar-refractivity contribution in [2.75, 3.05) is 5.32 Å². The third kappa shape index (κ3) is 3.67. The monoisotopic (exact) mass is 535 g/mol. The number of fused-ring (bicyclic) bond motifs is 4. The minimum absolute atomic E-state index is 0.0221.